The van der Waals surface area contributed by atoms with E-state index in [1.165, 1.54) is 24.5 Å². The molecule has 5 nitrogen and oxygen atoms in total. The maximum Gasteiger partial charge on any atom is 0.251 e. The molecule has 1 aliphatic rings. The third kappa shape index (κ3) is 3.06. The predicted molar refractivity (Wildman–Crippen MR) is 82.0 cm³/mol. The van der Waals surface area contributed by atoms with Crippen LogP contribution < -0.4 is 5.32 Å². The van der Waals surface area contributed by atoms with Crippen LogP contribution in [0.4, 0.5) is 4.39 Å². The molecule has 118 valence electrons. The Kier molecular flexibility index (Phi) is 4.06. The molecule has 0 spiro atoms. The molecule has 1 fully saturated rings. The summed E-state index contributed by atoms with van der Waals surface area (Å²) in [6, 6.07) is 8.54. The van der Waals surface area contributed by atoms with Crippen molar-refractivity contribution in [2.75, 3.05) is 7.05 Å². The van der Waals surface area contributed by atoms with E-state index in [-0.39, 0.29) is 36.1 Å². The van der Waals surface area contributed by atoms with Crippen LogP contribution in [0.15, 0.2) is 48.8 Å². The fourth-order valence-corrected chi connectivity index (χ4v) is 2.87. The third-order valence-electron chi connectivity index (χ3n) is 4.06. The van der Waals surface area contributed by atoms with Gasteiger partial charge in [0, 0.05) is 31.4 Å². The maximum atomic E-state index is 13.1. The topological polar surface area (TPSA) is 62.3 Å². The van der Waals surface area contributed by atoms with Gasteiger partial charge < -0.3 is 10.2 Å². The Hall–Kier alpha value is -2.76. The summed E-state index contributed by atoms with van der Waals surface area (Å²) in [6.45, 7) is 0. The van der Waals surface area contributed by atoms with Gasteiger partial charge >= 0.3 is 0 Å². The molecule has 2 aromatic rings. The molecule has 2 heterocycles. The molecular formula is C17H16FN3O2. The van der Waals surface area contributed by atoms with Crippen molar-refractivity contribution in [1.29, 1.82) is 0 Å². The van der Waals surface area contributed by atoms with Gasteiger partial charge in [-0.3, -0.25) is 14.6 Å². The van der Waals surface area contributed by atoms with E-state index in [0.29, 0.717) is 5.56 Å². The summed E-state index contributed by atoms with van der Waals surface area (Å²) in [7, 11) is 1.69. The van der Waals surface area contributed by atoms with Gasteiger partial charge in [-0.15, -0.1) is 0 Å². The molecule has 0 aliphatic carbocycles. The molecule has 1 aliphatic heterocycles. The van der Waals surface area contributed by atoms with Gasteiger partial charge in [-0.1, -0.05) is 12.1 Å². The van der Waals surface area contributed by atoms with Crippen molar-refractivity contribution in [1.82, 2.24) is 15.2 Å². The average molecular weight is 313 g/mol. The predicted octanol–water partition coefficient (Wildman–Crippen LogP) is 1.92. The van der Waals surface area contributed by atoms with E-state index in [2.05, 4.69) is 10.3 Å². The number of amides is 2. The molecule has 0 radical (unpaired) electrons. The lowest BCUT2D eigenvalue weighted by molar-refractivity contribution is -0.127. The minimum absolute atomic E-state index is 0.0562. The van der Waals surface area contributed by atoms with E-state index in [0.717, 1.165) is 5.56 Å². The van der Waals surface area contributed by atoms with Crippen LogP contribution in [0, 0.1) is 5.82 Å². The molecule has 1 aromatic heterocycles. The number of nitrogens with one attached hydrogen (secondary N) is 1. The second-order valence-corrected chi connectivity index (χ2v) is 5.52. The normalized spacial score (nSPS) is 20.6. The number of carbonyl (C=O) groups excluding carboxylic acids is 2. The van der Waals surface area contributed by atoms with Crippen LogP contribution in [0.5, 0.6) is 0 Å². The van der Waals surface area contributed by atoms with Crippen molar-refractivity contribution < 1.29 is 14.0 Å². The van der Waals surface area contributed by atoms with Crippen LogP contribution in [0.2, 0.25) is 0 Å². The Bertz CT molecular complexity index is 718. The molecule has 0 saturated carbocycles. The van der Waals surface area contributed by atoms with Crippen LogP contribution in [0.1, 0.15) is 28.4 Å². The summed E-state index contributed by atoms with van der Waals surface area (Å²) in [4.78, 5) is 29.8. The van der Waals surface area contributed by atoms with Gasteiger partial charge in [-0.2, -0.15) is 0 Å². The number of hydrogen-bond donors (Lipinski definition) is 1. The molecular weight excluding hydrogens is 297 g/mol. The molecule has 2 atom stereocenters. The lowest BCUT2D eigenvalue weighted by Crippen LogP contribution is -2.39. The highest BCUT2D eigenvalue weighted by molar-refractivity contribution is 5.95. The number of likely N-dealkylation sites (tertiary alicyclic amines) is 1. The van der Waals surface area contributed by atoms with E-state index in [9.17, 15) is 14.0 Å². The van der Waals surface area contributed by atoms with Crippen molar-refractivity contribution >= 4 is 11.8 Å². The largest absolute Gasteiger partial charge is 0.346 e. The Morgan fingerprint density at radius 2 is 1.87 bits per heavy atom. The summed E-state index contributed by atoms with van der Waals surface area (Å²) in [5.74, 6) is -0.648. The van der Waals surface area contributed by atoms with Gasteiger partial charge in [-0.05, 0) is 29.8 Å². The highest BCUT2D eigenvalue weighted by Gasteiger charge is 2.39. The minimum Gasteiger partial charge on any atom is -0.346 e. The Labute approximate surface area is 133 Å². The van der Waals surface area contributed by atoms with Crippen LogP contribution in [-0.4, -0.2) is 34.8 Å². The second kappa shape index (κ2) is 6.16. The first-order valence-corrected chi connectivity index (χ1v) is 7.28. The fraction of sp³-hybridized carbons (Fsp3) is 0.235. The first-order chi connectivity index (χ1) is 11.1. The highest BCUT2D eigenvalue weighted by atomic mass is 19.1. The van der Waals surface area contributed by atoms with E-state index >= 15 is 0 Å². The number of halogens is 1. The van der Waals surface area contributed by atoms with Gasteiger partial charge in [0.25, 0.3) is 5.91 Å². The molecule has 1 N–H and O–H groups in total. The molecule has 3 rings (SSSR count). The summed E-state index contributed by atoms with van der Waals surface area (Å²) >= 11 is 0. The number of carbonyl (C=O) groups is 2. The zero-order valence-electron chi connectivity index (χ0n) is 12.6. The van der Waals surface area contributed by atoms with Gasteiger partial charge in [0.05, 0.1) is 12.1 Å². The number of nitrogens with zero attached hydrogens (tertiary/aromatic N) is 2. The first kappa shape index (κ1) is 15.1. The van der Waals surface area contributed by atoms with E-state index in [1.54, 1.807) is 36.2 Å². The molecule has 1 saturated heterocycles. The van der Waals surface area contributed by atoms with Gasteiger partial charge in [0.15, 0.2) is 0 Å². The molecule has 2 unspecified atom stereocenters. The van der Waals surface area contributed by atoms with Crippen molar-refractivity contribution in [3.05, 3.63) is 65.7 Å². The van der Waals surface area contributed by atoms with Crippen LogP contribution in [0.3, 0.4) is 0 Å². The quantitative estimate of drug-likeness (QED) is 0.942. The maximum absolute atomic E-state index is 13.1. The Balaban J connectivity index is 1.83. The summed E-state index contributed by atoms with van der Waals surface area (Å²) in [6.07, 6.45) is 3.30. The zero-order chi connectivity index (χ0) is 16.4. The molecule has 1 aromatic carbocycles. The van der Waals surface area contributed by atoms with Gasteiger partial charge in [-0.25, -0.2) is 4.39 Å². The van der Waals surface area contributed by atoms with Crippen molar-refractivity contribution in [2.45, 2.75) is 18.5 Å². The molecule has 6 heteroatoms. The van der Waals surface area contributed by atoms with Crippen LogP contribution >= 0.6 is 0 Å². The Morgan fingerprint density at radius 3 is 2.52 bits per heavy atom. The number of pyridine rings is 1. The monoisotopic (exact) mass is 313 g/mol. The van der Waals surface area contributed by atoms with Crippen LogP contribution in [0.25, 0.3) is 0 Å². The average Bonchev–Trinajstić information content (AvgIpc) is 2.83. The van der Waals surface area contributed by atoms with E-state index in [1.807, 2.05) is 0 Å². The third-order valence-corrected chi connectivity index (χ3v) is 4.06. The summed E-state index contributed by atoms with van der Waals surface area (Å²) in [5, 5.41) is 2.90. The molecule has 2 amide bonds. The number of likely N-dealkylation sites (N-methyl/N-ethyl adjacent to an activating group) is 1. The lowest BCUT2D eigenvalue weighted by atomic mass is 10.00. The lowest BCUT2D eigenvalue weighted by Gasteiger charge is -2.26. The first-order valence-electron chi connectivity index (χ1n) is 7.28. The fourth-order valence-electron chi connectivity index (χ4n) is 2.87. The highest BCUT2D eigenvalue weighted by Crippen LogP contribution is 2.32. The van der Waals surface area contributed by atoms with E-state index in [4.69, 9.17) is 0 Å². The number of rotatable bonds is 3. The summed E-state index contributed by atoms with van der Waals surface area (Å²) in [5.41, 5.74) is 1.28. The zero-order valence-corrected chi connectivity index (χ0v) is 12.6. The second-order valence-electron chi connectivity index (χ2n) is 5.52. The van der Waals surface area contributed by atoms with Crippen molar-refractivity contribution in [3.63, 3.8) is 0 Å². The van der Waals surface area contributed by atoms with Crippen molar-refractivity contribution in [2.24, 2.45) is 0 Å². The SMILES string of the molecule is CN1C(=O)CC(NC(=O)c2ccncc2)C1c1ccc(F)cc1. The molecule has 0 bridgehead atoms. The molecule has 23 heavy (non-hydrogen) atoms. The summed E-state index contributed by atoms with van der Waals surface area (Å²) < 4.78 is 13.1. The van der Waals surface area contributed by atoms with E-state index < -0.39 is 0 Å². The minimum atomic E-state index is -0.362. The number of benzene rings is 1. The Morgan fingerprint density at radius 1 is 1.22 bits per heavy atom. The van der Waals surface area contributed by atoms with Crippen molar-refractivity contribution in [3.8, 4) is 0 Å². The van der Waals surface area contributed by atoms with Gasteiger partial charge in [0.1, 0.15) is 5.82 Å². The van der Waals surface area contributed by atoms with Crippen LogP contribution in [-0.2, 0) is 4.79 Å². The van der Waals surface area contributed by atoms with Gasteiger partial charge in [0.2, 0.25) is 5.91 Å². The number of aromatic nitrogens is 1. The number of hydrogen-bond acceptors (Lipinski definition) is 3. The smallest absolute Gasteiger partial charge is 0.251 e. The standard InChI is InChI=1S/C17H16FN3O2/c1-21-15(22)10-14(16(21)11-2-4-13(18)5-3-11)20-17(23)12-6-8-19-9-7-12/h2-9,14,16H,10H2,1H3,(H,20,23).